The number of phenolic OH excluding ortho intramolecular Hbond substituents is 1. The molecule has 7 atom stereocenters. The lowest BCUT2D eigenvalue weighted by Gasteiger charge is -2.40. The van der Waals surface area contributed by atoms with Gasteiger partial charge in [-0.2, -0.15) is 0 Å². The summed E-state index contributed by atoms with van der Waals surface area (Å²) in [4.78, 5) is 12.0. The maximum Gasteiger partial charge on any atom is 0.310 e. The number of hydrogen-bond acceptors (Lipinski definition) is 11. The van der Waals surface area contributed by atoms with E-state index >= 15 is 0 Å². The van der Waals surface area contributed by atoms with E-state index in [0.29, 0.717) is 18.4 Å². The molecule has 0 unspecified atom stereocenters. The molecular weight excluding hydrogens is 476 g/mol. The van der Waals surface area contributed by atoms with Gasteiger partial charge in [0.15, 0.2) is 0 Å². The SMILES string of the molecule is COC(=O)Cc1cc(O)cc(/C=C\[C@@]2(C)CC[C@H](C(C)(C)O)O2)c1O[C@@H]1O[C@H](CO)[C@@H](O)[C@H](O)[C@H]1O. The Bertz CT molecular complexity index is 954. The number of hydrogen-bond donors (Lipinski definition) is 6. The van der Waals surface area contributed by atoms with Crippen LogP contribution in [0, 0.1) is 0 Å². The summed E-state index contributed by atoms with van der Waals surface area (Å²) >= 11 is 0. The van der Waals surface area contributed by atoms with E-state index in [1.54, 1.807) is 26.0 Å². The highest BCUT2D eigenvalue weighted by molar-refractivity contribution is 5.75. The maximum atomic E-state index is 12.0. The molecule has 202 valence electrons. The number of aromatic hydroxyl groups is 1. The standard InChI is InChI=1S/C25H36O11/c1-24(2,32)17-6-8-25(3,36-17)7-5-13-9-15(27)10-14(11-18(28)33-4)22(13)35-23-21(31)20(30)19(29)16(12-26)34-23/h5,7,9-10,16-17,19-21,23,26-27,29-32H,6,8,11-12H2,1-4H3/b7-5-/t16-,17-,19-,20+,21-,23+,25+/m1/s1. The van der Waals surface area contributed by atoms with Gasteiger partial charge < -0.3 is 49.6 Å². The number of carbonyl (C=O) groups excluding carboxylic acids is 1. The predicted molar refractivity (Wildman–Crippen MR) is 126 cm³/mol. The topological polar surface area (TPSA) is 175 Å². The van der Waals surface area contributed by atoms with Gasteiger partial charge in [-0.15, -0.1) is 0 Å². The van der Waals surface area contributed by atoms with Gasteiger partial charge in [0.05, 0.1) is 37.4 Å². The molecule has 1 aromatic rings. The molecule has 2 fully saturated rings. The van der Waals surface area contributed by atoms with Crippen LogP contribution in [0.3, 0.4) is 0 Å². The van der Waals surface area contributed by atoms with Gasteiger partial charge in [-0.1, -0.05) is 12.2 Å². The van der Waals surface area contributed by atoms with E-state index in [1.165, 1.54) is 19.2 Å². The minimum absolute atomic E-state index is 0.0550. The van der Waals surface area contributed by atoms with Crippen LogP contribution in [0.4, 0.5) is 0 Å². The highest BCUT2D eigenvalue weighted by atomic mass is 16.7. The van der Waals surface area contributed by atoms with Gasteiger partial charge in [-0.05, 0) is 45.7 Å². The van der Waals surface area contributed by atoms with Crippen molar-refractivity contribution >= 4 is 12.0 Å². The zero-order chi connectivity index (χ0) is 26.8. The van der Waals surface area contributed by atoms with Crippen LogP contribution in [0.5, 0.6) is 11.5 Å². The number of rotatable bonds is 8. The van der Waals surface area contributed by atoms with Gasteiger partial charge >= 0.3 is 5.97 Å². The van der Waals surface area contributed by atoms with Crippen molar-refractivity contribution < 1.29 is 54.4 Å². The van der Waals surface area contributed by atoms with Crippen molar-refractivity contribution in [3.63, 3.8) is 0 Å². The molecule has 0 radical (unpaired) electrons. The van der Waals surface area contributed by atoms with Crippen molar-refractivity contribution in [1.82, 2.24) is 0 Å². The Labute approximate surface area is 209 Å². The minimum Gasteiger partial charge on any atom is -0.508 e. The Morgan fingerprint density at radius 3 is 2.50 bits per heavy atom. The molecule has 0 aliphatic carbocycles. The molecule has 2 heterocycles. The van der Waals surface area contributed by atoms with Gasteiger partial charge in [0.2, 0.25) is 6.29 Å². The zero-order valence-corrected chi connectivity index (χ0v) is 20.8. The number of phenols is 1. The molecule has 11 nitrogen and oxygen atoms in total. The third-order valence-electron chi connectivity index (χ3n) is 6.54. The quantitative estimate of drug-likeness (QED) is 0.259. The fourth-order valence-corrected chi connectivity index (χ4v) is 4.35. The molecule has 0 amide bonds. The average molecular weight is 513 g/mol. The van der Waals surface area contributed by atoms with Crippen molar-refractivity contribution in [2.75, 3.05) is 13.7 Å². The number of benzene rings is 1. The largest absolute Gasteiger partial charge is 0.508 e. The molecule has 0 spiro atoms. The van der Waals surface area contributed by atoms with Crippen LogP contribution in [0.2, 0.25) is 0 Å². The molecule has 11 heteroatoms. The molecule has 2 aliphatic heterocycles. The first kappa shape index (κ1) is 28.3. The lowest BCUT2D eigenvalue weighted by molar-refractivity contribution is -0.277. The molecule has 0 bridgehead atoms. The van der Waals surface area contributed by atoms with E-state index in [2.05, 4.69) is 0 Å². The van der Waals surface area contributed by atoms with E-state index in [1.807, 2.05) is 6.92 Å². The second-order valence-electron chi connectivity index (χ2n) is 10.0. The number of aliphatic hydroxyl groups excluding tert-OH is 4. The highest BCUT2D eigenvalue weighted by Gasteiger charge is 2.45. The van der Waals surface area contributed by atoms with Gasteiger partial charge in [-0.25, -0.2) is 0 Å². The molecule has 2 aliphatic rings. The van der Waals surface area contributed by atoms with Crippen molar-refractivity contribution in [1.29, 1.82) is 0 Å². The van der Waals surface area contributed by atoms with Crippen molar-refractivity contribution in [2.45, 2.75) is 88.0 Å². The molecule has 0 saturated carbocycles. The third kappa shape index (κ3) is 6.35. The van der Waals surface area contributed by atoms with E-state index in [4.69, 9.17) is 18.9 Å². The predicted octanol–water partition coefficient (Wildman–Crippen LogP) is 0.00820. The number of ether oxygens (including phenoxy) is 4. The minimum atomic E-state index is -1.68. The summed E-state index contributed by atoms with van der Waals surface area (Å²) in [6.45, 7) is 4.56. The van der Waals surface area contributed by atoms with Crippen molar-refractivity contribution in [3.05, 3.63) is 29.3 Å². The molecule has 6 N–H and O–H groups in total. The molecule has 0 aromatic heterocycles. The number of esters is 1. The Morgan fingerprint density at radius 1 is 1.22 bits per heavy atom. The van der Waals surface area contributed by atoms with E-state index < -0.39 is 54.5 Å². The first-order valence-corrected chi connectivity index (χ1v) is 11.8. The van der Waals surface area contributed by atoms with Gasteiger partial charge in [0.25, 0.3) is 0 Å². The lowest BCUT2D eigenvalue weighted by atomic mass is 9.96. The van der Waals surface area contributed by atoms with E-state index in [-0.39, 0.29) is 29.6 Å². The summed E-state index contributed by atoms with van der Waals surface area (Å²) in [6, 6.07) is 2.67. The Kier molecular flexibility index (Phi) is 8.67. The van der Waals surface area contributed by atoms with Crippen LogP contribution in [0.1, 0.15) is 44.7 Å². The smallest absolute Gasteiger partial charge is 0.310 e. The summed E-state index contributed by atoms with van der Waals surface area (Å²) < 4.78 is 22.2. The number of methoxy groups -OCH3 is 1. The summed E-state index contributed by atoms with van der Waals surface area (Å²) in [5, 5.41) is 60.8. The van der Waals surface area contributed by atoms with E-state index in [0.717, 1.165) is 0 Å². The van der Waals surface area contributed by atoms with Crippen LogP contribution in [0.25, 0.3) is 6.08 Å². The fraction of sp³-hybridized carbons (Fsp3) is 0.640. The van der Waals surface area contributed by atoms with Crippen LogP contribution < -0.4 is 4.74 Å². The van der Waals surface area contributed by atoms with Gasteiger partial charge in [0, 0.05) is 11.1 Å². The van der Waals surface area contributed by atoms with E-state index in [9.17, 15) is 35.4 Å². The third-order valence-corrected chi connectivity index (χ3v) is 6.54. The lowest BCUT2D eigenvalue weighted by Crippen LogP contribution is -2.60. The Hall–Kier alpha value is -2.25. The summed E-state index contributed by atoms with van der Waals surface area (Å²) in [5.41, 5.74) is -1.24. The second kappa shape index (κ2) is 11.0. The first-order valence-electron chi connectivity index (χ1n) is 11.8. The highest BCUT2D eigenvalue weighted by Crippen LogP contribution is 2.39. The van der Waals surface area contributed by atoms with Crippen LogP contribution in [-0.2, 0) is 25.4 Å². The van der Waals surface area contributed by atoms with Crippen molar-refractivity contribution in [3.8, 4) is 11.5 Å². The average Bonchev–Trinajstić information content (AvgIpc) is 3.22. The maximum absolute atomic E-state index is 12.0. The molecule has 2 saturated heterocycles. The Morgan fingerprint density at radius 2 is 1.92 bits per heavy atom. The summed E-state index contributed by atoms with van der Waals surface area (Å²) in [7, 11) is 1.21. The number of aliphatic hydroxyl groups is 5. The summed E-state index contributed by atoms with van der Waals surface area (Å²) in [5.74, 6) is -0.728. The molecule has 1 aromatic carbocycles. The fourth-order valence-electron chi connectivity index (χ4n) is 4.35. The van der Waals surface area contributed by atoms with Gasteiger partial charge in [-0.3, -0.25) is 4.79 Å². The molecule has 36 heavy (non-hydrogen) atoms. The second-order valence-corrected chi connectivity index (χ2v) is 10.0. The molecule has 3 rings (SSSR count). The van der Waals surface area contributed by atoms with Crippen LogP contribution in [0.15, 0.2) is 18.2 Å². The number of carbonyl (C=O) groups is 1. The normalized spacial score (nSPS) is 33.1. The van der Waals surface area contributed by atoms with Gasteiger partial charge in [0.1, 0.15) is 35.9 Å². The van der Waals surface area contributed by atoms with Crippen LogP contribution >= 0.6 is 0 Å². The summed E-state index contributed by atoms with van der Waals surface area (Å²) in [6.07, 6.45) is -3.66. The van der Waals surface area contributed by atoms with Crippen molar-refractivity contribution in [2.24, 2.45) is 0 Å². The Balaban J connectivity index is 1.97. The molecular formula is C25H36O11. The van der Waals surface area contributed by atoms with Crippen LogP contribution in [-0.4, -0.2) is 98.3 Å². The monoisotopic (exact) mass is 512 g/mol. The zero-order valence-electron chi connectivity index (χ0n) is 20.8. The first-order chi connectivity index (χ1) is 16.8.